The molecule has 0 saturated carbocycles. The van der Waals surface area contributed by atoms with Gasteiger partial charge in [0.05, 0.1) is 0 Å². The zero-order valence-electron chi connectivity index (χ0n) is 11.7. The average molecular weight is 383 g/mol. The summed E-state index contributed by atoms with van der Waals surface area (Å²) in [7, 11) is 0. The summed E-state index contributed by atoms with van der Waals surface area (Å²) in [6, 6.07) is 0. The van der Waals surface area contributed by atoms with Crippen LogP contribution in [0.5, 0.6) is 0 Å². The van der Waals surface area contributed by atoms with Gasteiger partial charge in [-0.2, -0.15) is 0 Å². The van der Waals surface area contributed by atoms with Gasteiger partial charge in [0.25, 0.3) is 0 Å². The van der Waals surface area contributed by atoms with E-state index in [0.29, 0.717) is 0 Å². The summed E-state index contributed by atoms with van der Waals surface area (Å²) in [4.78, 5) is 34.2. The molecule has 0 radical (unpaired) electrons. The predicted molar refractivity (Wildman–Crippen MR) is 66.5 cm³/mol. The van der Waals surface area contributed by atoms with Gasteiger partial charge >= 0.3 is 118 Å². The molecule has 110 valence electrons. The Morgan fingerprint density at radius 1 is 0.737 bits per heavy atom. The van der Waals surface area contributed by atoms with Gasteiger partial charge in [-0.3, -0.25) is 0 Å². The fourth-order valence-electron chi connectivity index (χ4n) is 0.962. The van der Waals surface area contributed by atoms with Crippen molar-refractivity contribution in [2.75, 3.05) is 6.61 Å². The molecule has 0 aromatic rings. The number of rotatable bonds is 8. The second-order valence-electron chi connectivity index (χ2n) is 3.42. The predicted octanol–water partition coefficient (Wildman–Crippen LogP) is 1.32. The molecule has 0 rings (SSSR count). The summed E-state index contributed by atoms with van der Waals surface area (Å²) in [6.07, 6.45) is 0.206. The van der Waals surface area contributed by atoms with Crippen LogP contribution in [0.1, 0.15) is 47.0 Å². The van der Waals surface area contributed by atoms with Crippen molar-refractivity contribution < 1.29 is 26.7 Å². The minimum absolute atomic E-state index is 0.0685. The molecule has 0 N–H and O–H groups in total. The van der Waals surface area contributed by atoms with E-state index in [2.05, 4.69) is 0 Å². The van der Waals surface area contributed by atoms with E-state index in [1.54, 1.807) is 27.7 Å². The van der Waals surface area contributed by atoms with Crippen LogP contribution < -0.4 is 0 Å². The molecule has 0 saturated heterocycles. The van der Waals surface area contributed by atoms with Gasteiger partial charge in [-0.25, -0.2) is 0 Å². The zero-order valence-corrected chi connectivity index (χ0v) is 14.5. The molecular formula is C11H20O7Sn. The van der Waals surface area contributed by atoms with E-state index < -0.39 is 37.9 Å². The molecule has 0 aliphatic heterocycles. The van der Waals surface area contributed by atoms with Crippen LogP contribution in [0.4, 0.5) is 0 Å². The van der Waals surface area contributed by atoms with Gasteiger partial charge in [0, 0.05) is 0 Å². The maximum atomic E-state index is 11.4. The first-order valence-electron chi connectivity index (χ1n) is 6.22. The Hall–Kier alpha value is -0.831. The van der Waals surface area contributed by atoms with Crippen LogP contribution in [-0.2, 0) is 26.7 Å². The summed E-state index contributed by atoms with van der Waals surface area (Å²) in [6.45, 7) is 6.47. The van der Waals surface area contributed by atoms with Crippen LogP contribution in [0.3, 0.4) is 0 Å². The van der Waals surface area contributed by atoms with Crippen molar-refractivity contribution in [3.8, 4) is 0 Å². The number of hydrogen-bond acceptors (Lipinski definition) is 7. The number of carbonyl (C=O) groups excluding carboxylic acids is 3. The Morgan fingerprint density at radius 3 is 1.26 bits per heavy atom. The molecule has 0 amide bonds. The summed E-state index contributed by atoms with van der Waals surface area (Å²) < 4.78 is 20.3. The molecule has 8 heteroatoms. The first kappa shape index (κ1) is 18.2. The summed E-state index contributed by atoms with van der Waals surface area (Å²) in [5.74, 6) is -1.88. The first-order chi connectivity index (χ1) is 8.92. The van der Waals surface area contributed by atoms with Crippen molar-refractivity contribution in [3.05, 3.63) is 0 Å². The van der Waals surface area contributed by atoms with E-state index in [9.17, 15) is 14.4 Å². The molecule has 0 fully saturated rings. The van der Waals surface area contributed by atoms with Crippen LogP contribution in [0, 0.1) is 0 Å². The average Bonchev–Trinajstić information content (AvgIpc) is 2.38. The van der Waals surface area contributed by atoms with Crippen LogP contribution in [0.15, 0.2) is 0 Å². The Kier molecular flexibility index (Phi) is 8.73. The SMILES string of the molecule is CC[O][Sn]([O]C(=O)CC)([O]C(=O)CC)[O]C(=O)CC. The van der Waals surface area contributed by atoms with E-state index in [4.69, 9.17) is 12.3 Å². The Bertz CT molecular complexity index is 283. The normalized spacial score (nSPS) is 10.7. The van der Waals surface area contributed by atoms with Gasteiger partial charge in [0.1, 0.15) is 0 Å². The monoisotopic (exact) mass is 384 g/mol. The standard InChI is InChI=1S/3C3H6O2.C2H5O.Sn/c3*1-2-3(4)5;1-2-3;/h3*2H2,1H3,(H,4,5);2H2,1H3;/q;;;-1;+4/p-3. The third kappa shape index (κ3) is 6.76. The van der Waals surface area contributed by atoms with Gasteiger partial charge in [-0.1, -0.05) is 0 Å². The molecule has 0 unspecified atom stereocenters. The van der Waals surface area contributed by atoms with Crippen LogP contribution >= 0.6 is 0 Å². The van der Waals surface area contributed by atoms with Gasteiger partial charge < -0.3 is 0 Å². The van der Waals surface area contributed by atoms with E-state index in [-0.39, 0.29) is 25.9 Å². The first-order valence-corrected chi connectivity index (χ1v) is 10.9. The molecule has 0 aliphatic carbocycles. The van der Waals surface area contributed by atoms with Gasteiger partial charge in [0.15, 0.2) is 0 Å². The van der Waals surface area contributed by atoms with Crippen LogP contribution in [0.2, 0.25) is 0 Å². The number of carbonyl (C=O) groups is 3. The van der Waals surface area contributed by atoms with E-state index in [1.807, 2.05) is 0 Å². The fraction of sp³-hybridized carbons (Fsp3) is 0.727. The third-order valence-electron chi connectivity index (χ3n) is 1.90. The summed E-state index contributed by atoms with van der Waals surface area (Å²) in [5.41, 5.74) is 0. The molecular weight excluding hydrogens is 363 g/mol. The fourth-order valence-corrected chi connectivity index (χ4v) is 6.46. The summed E-state index contributed by atoms with van der Waals surface area (Å²) >= 11 is -4.95. The molecule has 0 aromatic heterocycles. The van der Waals surface area contributed by atoms with E-state index in [0.717, 1.165) is 0 Å². The van der Waals surface area contributed by atoms with Gasteiger partial charge in [-0.15, -0.1) is 0 Å². The Balaban J connectivity index is 5.12. The zero-order chi connectivity index (χ0) is 14.9. The number of hydrogen-bond donors (Lipinski definition) is 0. The van der Waals surface area contributed by atoms with Crippen molar-refractivity contribution in [2.45, 2.75) is 47.0 Å². The molecule has 0 aromatic carbocycles. The quantitative estimate of drug-likeness (QED) is 0.585. The van der Waals surface area contributed by atoms with Crippen molar-refractivity contribution in [2.24, 2.45) is 0 Å². The van der Waals surface area contributed by atoms with Crippen molar-refractivity contribution in [1.29, 1.82) is 0 Å². The molecule has 0 bridgehead atoms. The van der Waals surface area contributed by atoms with E-state index in [1.165, 1.54) is 0 Å². The maximum absolute atomic E-state index is 11.4. The van der Waals surface area contributed by atoms with Crippen LogP contribution in [-0.4, -0.2) is 44.5 Å². The van der Waals surface area contributed by atoms with E-state index >= 15 is 0 Å². The molecule has 0 aliphatic rings. The minimum atomic E-state index is -4.95. The van der Waals surface area contributed by atoms with Crippen molar-refractivity contribution in [3.63, 3.8) is 0 Å². The molecule has 19 heavy (non-hydrogen) atoms. The summed E-state index contributed by atoms with van der Waals surface area (Å²) in [5, 5.41) is 0. The molecule has 0 heterocycles. The third-order valence-corrected chi connectivity index (χ3v) is 7.83. The molecule has 0 atom stereocenters. The van der Waals surface area contributed by atoms with Gasteiger partial charge in [-0.05, 0) is 0 Å². The van der Waals surface area contributed by atoms with Crippen molar-refractivity contribution in [1.82, 2.24) is 0 Å². The molecule has 0 spiro atoms. The van der Waals surface area contributed by atoms with Crippen LogP contribution in [0.25, 0.3) is 0 Å². The topological polar surface area (TPSA) is 88.1 Å². The van der Waals surface area contributed by atoms with Crippen molar-refractivity contribution >= 4 is 37.9 Å². The second kappa shape index (κ2) is 9.13. The Labute approximate surface area is 118 Å². The van der Waals surface area contributed by atoms with Gasteiger partial charge in [0.2, 0.25) is 0 Å². The molecule has 7 nitrogen and oxygen atoms in total. The second-order valence-corrected chi connectivity index (χ2v) is 8.84. The Morgan fingerprint density at radius 2 is 1.05 bits per heavy atom.